The number of hydrogen-bond acceptors (Lipinski definition) is 4. The minimum Gasteiger partial charge on any atom is -0.396 e. The van der Waals surface area contributed by atoms with Crippen LogP contribution in [0, 0.1) is 16.7 Å². The minimum absolute atomic E-state index is 0.00826. The maximum atomic E-state index is 9.62. The number of rotatable bonds is 4. The average Bonchev–Trinajstić information content (AvgIpc) is 2.46. The Hall–Kier alpha value is -1.60. The van der Waals surface area contributed by atoms with Crippen molar-refractivity contribution in [2.75, 3.05) is 18.5 Å². The van der Waals surface area contributed by atoms with Gasteiger partial charge in [-0.2, -0.15) is 5.26 Å². The summed E-state index contributed by atoms with van der Waals surface area (Å²) in [4.78, 5) is 3.94. The zero-order valence-corrected chi connectivity index (χ0v) is 10.5. The third-order valence-electron chi connectivity index (χ3n) is 3.79. The molecule has 96 valence electrons. The third kappa shape index (κ3) is 2.99. The van der Waals surface area contributed by atoms with Crippen LogP contribution < -0.4 is 5.32 Å². The van der Waals surface area contributed by atoms with Gasteiger partial charge >= 0.3 is 0 Å². The number of nitriles is 1. The van der Waals surface area contributed by atoms with Crippen molar-refractivity contribution in [3.8, 4) is 6.07 Å². The summed E-state index contributed by atoms with van der Waals surface area (Å²) in [5.41, 5.74) is 1.33. The highest BCUT2D eigenvalue weighted by Crippen LogP contribution is 2.35. The summed E-state index contributed by atoms with van der Waals surface area (Å²) in [6.45, 7) is 0.995. The van der Waals surface area contributed by atoms with Crippen molar-refractivity contribution in [2.24, 2.45) is 5.41 Å². The lowest BCUT2D eigenvalue weighted by atomic mass is 9.74. The Morgan fingerprint density at radius 2 is 2.17 bits per heavy atom. The molecule has 4 nitrogen and oxygen atoms in total. The highest BCUT2D eigenvalue weighted by molar-refractivity contribution is 5.46. The number of aromatic nitrogens is 1. The monoisotopic (exact) mass is 245 g/mol. The van der Waals surface area contributed by atoms with Gasteiger partial charge in [0.2, 0.25) is 0 Å². The van der Waals surface area contributed by atoms with Gasteiger partial charge < -0.3 is 10.4 Å². The number of aliphatic hydroxyl groups is 1. The van der Waals surface area contributed by atoms with Crippen molar-refractivity contribution in [3.05, 3.63) is 24.0 Å². The molecule has 0 spiro atoms. The standard InChI is InChI=1S/C14H19N3O/c15-9-13-8-12(4-7-16-13)17-10-14(11-18)5-2-1-3-6-14/h4,7-8,18H,1-3,5-6,10-11H2,(H,16,17). The van der Waals surface area contributed by atoms with Gasteiger partial charge in [-0.05, 0) is 25.0 Å². The van der Waals surface area contributed by atoms with E-state index in [2.05, 4.69) is 10.3 Å². The van der Waals surface area contributed by atoms with E-state index >= 15 is 0 Å². The van der Waals surface area contributed by atoms with Gasteiger partial charge in [0.25, 0.3) is 0 Å². The molecule has 1 aliphatic rings. The molecular formula is C14H19N3O. The molecule has 1 aliphatic carbocycles. The Balaban J connectivity index is 1.99. The number of nitrogens with one attached hydrogen (secondary N) is 1. The second-order valence-corrected chi connectivity index (χ2v) is 5.11. The predicted molar refractivity (Wildman–Crippen MR) is 70.0 cm³/mol. The van der Waals surface area contributed by atoms with E-state index in [4.69, 9.17) is 5.26 Å². The first-order valence-electron chi connectivity index (χ1n) is 6.49. The number of aliphatic hydroxyl groups excluding tert-OH is 1. The van der Waals surface area contributed by atoms with Crippen molar-refractivity contribution in [3.63, 3.8) is 0 Å². The fraction of sp³-hybridized carbons (Fsp3) is 0.571. The van der Waals surface area contributed by atoms with E-state index in [-0.39, 0.29) is 12.0 Å². The summed E-state index contributed by atoms with van der Waals surface area (Å²) in [6.07, 6.45) is 7.45. The van der Waals surface area contributed by atoms with Gasteiger partial charge in [0.1, 0.15) is 11.8 Å². The van der Waals surface area contributed by atoms with Crippen molar-refractivity contribution >= 4 is 5.69 Å². The number of hydrogen-bond donors (Lipinski definition) is 2. The van der Waals surface area contributed by atoms with Gasteiger partial charge in [-0.3, -0.25) is 0 Å². The predicted octanol–water partition coefficient (Wildman–Crippen LogP) is 2.31. The Morgan fingerprint density at radius 3 is 2.83 bits per heavy atom. The second-order valence-electron chi connectivity index (χ2n) is 5.11. The largest absolute Gasteiger partial charge is 0.396 e. The SMILES string of the molecule is N#Cc1cc(NCC2(CO)CCCCC2)ccn1. The van der Waals surface area contributed by atoms with E-state index < -0.39 is 0 Å². The molecule has 1 aromatic heterocycles. The number of anilines is 1. The van der Waals surface area contributed by atoms with E-state index in [0.717, 1.165) is 25.1 Å². The van der Waals surface area contributed by atoms with Crippen LogP contribution in [-0.2, 0) is 0 Å². The molecule has 4 heteroatoms. The molecule has 18 heavy (non-hydrogen) atoms. The van der Waals surface area contributed by atoms with Gasteiger partial charge in [-0.15, -0.1) is 0 Å². The summed E-state index contributed by atoms with van der Waals surface area (Å²) < 4.78 is 0. The number of pyridine rings is 1. The molecule has 1 aromatic rings. The Kier molecular flexibility index (Phi) is 4.16. The van der Waals surface area contributed by atoms with Crippen molar-refractivity contribution in [2.45, 2.75) is 32.1 Å². The zero-order valence-electron chi connectivity index (χ0n) is 10.5. The first kappa shape index (κ1) is 12.8. The van der Waals surface area contributed by atoms with Gasteiger partial charge in [0.15, 0.2) is 0 Å². The lowest BCUT2D eigenvalue weighted by Gasteiger charge is -2.36. The maximum absolute atomic E-state index is 9.62. The Morgan fingerprint density at radius 1 is 1.39 bits per heavy atom. The van der Waals surface area contributed by atoms with Crippen LogP contribution in [0.5, 0.6) is 0 Å². The average molecular weight is 245 g/mol. The molecule has 1 fully saturated rings. The lowest BCUT2D eigenvalue weighted by Crippen LogP contribution is -2.35. The molecule has 2 N–H and O–H groups in total. The summed E-state index contributed by atoms with van der Waals surface area (Å²) in [6, 6.07) is 5.63. The van der Waals surface area contributed by atoms with Crippen molar-refractivity contribution < 1.29 is 5.11 Å². The van der Waals surface area contributed by atoms with E-state index in [1.165, 1.54) is 19.3 Å². The molecule has 0 aliphatic heterocycles. The molecule has 0 radical (unpaired) electrons. The molecule has 2 rings (SSSR count). The van der Waals surface area contributed by atoms with E-state index in [1.54, 1.807) is 12.3 Å². The van der Waals surface area contributed by atoms with Crippen LogP contribution in [0.3, 0.4) is 0 Å². The molecule has 0 amide bonds. The van der Waals surface area contributed by atoms with Crippen LogP contribution in [-0.4, -0.2) is 23.2 Å². The molecule has 1 heterocycles. The lowest BCUT2D eigenvalue weighted by molar-refractivity contribution is 0.0944. The molecule has 0 atom stereocenters. The van der Waals surface area contributed by atoms with E-state index in [9.17, 15) is 5.11 Å². The van der Waals surface area contributed by atoms with Crippen LogP contribution in [0.1, 0.15) is 37.8 Å². The van der Waals surface area contributed by atoms with E-state index in [0.29, 0.717) is 5.69 Å². The third-order valence-corrected chi connectivity index (χ3v) is 3.79. The van der Waals surface area contributed by atoms with E-state index in [1.807, 2.05) is 12.1 Å². The highest BCUT2D eigenvalue weighted by atomic mass is 16.3. The molecule has 0 bridgehead atoms. The molecular weight excluding hydrogens is 226 g/mol. The normalized spacial score (nSPS) is 18.0. The summed E-state index contributed by atoms with van der Waals surface area (Å²) in [5, 5.41) is 21.7. The fourth-order valence-electron chi connectivity index (χ4n) is 2.58. The molecule has 1 saturated carbocycles. The Labute approximate surface area is 108 Å². The van der Waals surface area contributed by atoms with Gasteiger partial charge in [0, 0.05) is 23.8 Å². The fourth-order valence-corrected chi connectivity index (χ4v) is 2.58. The summed E-state index contributed by atoms with van der Waals surface area (Å²) >= 11 is 0. The topological polar surface area (TPSA) is 68.9 Å². The molecule has 0 unspecified atom stereocenters. The maximum Gasteiger partial charge on any atom is 0.142 e. The minimum atomic E-state index is 0.00826. The van der Waals surface area contributed by atoms with Crippen LogP contribution >= 0.6 is 0 Å². The van der Waals surface area contributed by atoms with Crippen LogP contribution in [0.4, 0.5) is 5.69 Å². The van der Waals surface area contributed by atoms with Gasteiger partial charge in [0.05, 0.1) is 6.61 Å². The first-order valence-corrected chi connectivity index (χ1v) is 6.49. The molecule has 0 aromatic carbocycles. The molecule has 0 saturated heterocycles. The van der Waals surface area contributed by atoms with Crippen molar-refractivity contribution in [1.82, 2.24) is 4.98 Å². The first-order chi connectivity index (χ1) is 8.78. The summed E-state index contributed by atoms with van der Waals surface area (Å²) in [5.74, 6) is 0. The smallest absolute Gasteiger partial charge is 0.142 e. The van der Waals surface area contributed by atoms with Crippen LogP contribution in [0.2, 0.25) is 0 Å². The van der Waals surface area contributed by atoms with Gasteiger partial charge in [-0.25, -0.2) is 4.98 Å². The van der Waals surface area contributed by atoms with Crippen LogP contribution in [0.25, 0.3) is 0 Å². The van der Waals surface area contributed by atoms with Crippen molar-refractivity contribution in [1.29, 1.82) is 5.26 Å². The highest BCUT2D eigenvalue weighted by Gasteiger charge is 2.31. The number of nitrogens with zero attached hydrogens (tertiary/aromatic N) is 2. The zero-order chi connectivity index (χ0) is 12.8. The van der Waals surface area contributed by atoms with Gasteiger partial charge in [-0.1, -0.05) is 19.3 Å². The summed E-state index contributed by atoms with van der Waals surface area (Å²) in [7, 11) is 0. The second kappa shape index (κ2) is 5.83. The van der Waals surface area contributed by atoms with Crippen LogP contribution in [0.15, 0.2) is 18.3 Å². The Bertz CT molecular complexity index is 433. The quantitative estimate of drug-likeness (QED) is 0.854.